The van der Waals surface area contributed by atoms with Gasteiger partial charge in [0.15, 0.2) is 0 Å². The third kappa shape index (κ3) is 38.9. The van der Waals surface area contributed by atoms with Gasteiger partial charge in [0.2, 0.25) is 0 Å². The van der Waals surface area contributed by atoms with Gasteiger partial charge in [-0.3, -0.25) is 9.59 Å². The molecule has 0 saturated heterocycles. The van der Waals surface area contributed by atoms with Gasteiger partial charge in [0, 0.05) is 12.8 Å². The van der Waals surface area contributed by atoms with E-state index >= 15 is 0 Å². The molecule has 0 saturated carbocycles. The Balaban J connectivity index is 4.00. The summed E-state index contributed by atoms with van der Waals surface area (Å²) < 4.78 is 6.02. The molecule has 0 bridgehead atoms. The second-order valence-corrected chi connectivity index (χ2v) is 14.5. The number of unbranched alkanes of at least 4 members (excludes halogenated alkanes) is 26. The minimum atomic E-state index is -0.699. The first-order valence-corrected chi connectivity index (χ1v) is 21.3. The van der Waals surface area contributed by atoms with Crippen LogP contribution in [0.2, 0.25) is 0 Å². The van der Waals surface area contributed by atoms with Gasteiger partial charge in [0.05, 0.1) is 0 Å². The normalized spacial score (nSPS) is 12.4. The second kappa shape index (κ2) is 39.9. The molecule has 1 atom stereocenters. The molecule has 0 amide bonds. The lowest BCUT2D eigenvalue weighted by molar-refractivity contribution is -0.150. The topological polar surface area (TPSA) is 63.6 Å². The van der Waals surface area contributed by atoms with Crippen molar-refractivity contribution < 1.29 is 19.4 Å². The van der Waals surface area contributed by atoms with Crippen molar-refractivity contribution in [1.29, 1.82) is 0 Å². The minimum Gasteiger partial charge on any atom is -0.481 e. The highest BCUT2D eigenvalue weighted by Crippen LogP contribution is 2.19. The van der Waals surface area contributed by atoms with Crippen LogP contribution in [0.15, 0.2) is 24.3 Å². The molecule has 0 aliphatic heterocycles. The van der Waals surface area contributed by atoms with Crippen molar-refractivity contribution in [2.45, 2.75) is 245 Å². The van der Waals surface area contributed by atoms with E-state index in [0.29, 0.717) is 6.42 Å². The zero-order chi connectivity index (χ0) is 35.0. The van der Waals surface area contributed by atoms with Gasteiger partial charge >= 0.3 is 11.9 Å². The van der Waals surface area contributed by atoms with Crippen molar-refractivity contribution >= 4 is 11.9 Å². The molecule has 1 unspecified atom stereocenters. The van der Waals surface area contributed by atoms with Gasteiger partial charge in [-0.25, -0.2) is 0 Å². The van der Waals surface area contributed by atoms with Crippen LogP contribution in [0.5, 0.6) is 0 Å². The summed E-state index contributed by atoms with van der Waals surface area (Å²) in [5.41, 5.74) is 0. The minimum absolute atomic E-state index is 0.00116. The lowest BCUT2D eigenvalue weighted by Crippen LogP contribution is -2.18. The maximum absolute atomic E-state index is 12.7. The Hall–Kier alpha value is -1.58. The average molecular weight is 675 g/mol. The van der Waals surface area contributed by atoms with Crippen LogP contribution in [0.4, 0.5) is 0 Å². The fourth-order valence-electron chi connectivity index (χ4n) is 6.51. The summed E-state index contributed by atoms with van der Waals surface area (Å²) in [5.74, 6) is -0.700. The standard InChI is InChI=1S/C44H82O4/c1-3-5-7-9-11-13-15-17-18-19-20-22-24-26-28-33-37-41-44(47)48-42(39-35-31-29-32-36-40-43(45)46)38-34-30-27-25-23-21-16-14-12-10-8-6-4-2/h11,13,17-18,42H,3-10,12,14-16,19-41H2,1-2H3,(H,45,46)/b13-11-,18-17-. The molecule has 0 aromatic carbocycles. The number of hydrogen-bond acceptors (Lipinski definition) is 3. The summed E-state index contributed by atoms with van der Waals surface area (Å²) in [4.78, 5) is 23.4. The quantitative estimate of drug-likeness (QED) is 0.0400. The SMILES string of the molecule is CCCCC/C=C\C/C=C\CCCCCCCCCC(=O)OC(CCCCCCCCCCCCCCC)CCCCCCCC(=O)O. The molecule has 0 heterocycles. The highest BCUT2D eigenvalue weighted by Gasteiger charge is 2.14. The first-order chi connectivity index (χ1) is 23.6. The number of carbonyl (C=O) groups is 2. The Labute approximate surface area is 299 Å². The van der Waals surface area contributed by atoms with E-state index in [1.165, 1.54) is 141 Å². The monoisotopic (exact) mass is 675 g/mol. The van der Waals surface area contributed by atoms with Gasteiger partial charge in [-0.05, 0) is 70.6 Å². The molecule has 282 valence electrons. The zero-order valence-corrected chi connectivity index (χ0v) is 32.3. The summed E-state index contributed by atoms with van der Waals surface area (Å²) >= 11 is 0. The Kier molecular flexibility index (Phi) is 38.5. The molecule has 0 aromatic rings. The van der Waals surface area contributed by atoms with E-state index in [2.05, 4.69) is 38.2 Å². The van der Waals surface area contributed by atoms with Crippen molar-refractivity contribution in [2.24, 2.45) is 0 Å². The summed E-state index contributed by atoms with van der Waals surface area (Å²) in [5, 5.41) is 8.83. The first kappa shape index (κ1) is 46.4. The van der Waals surface area contributed by atoms with Gasteiger partial charge in [-0.2, -0.15) is 0 Å². The molecule has 0 aromatic heterocycles. The van der Waals surface area contributed by atoms with Crippen molar-refractivity contribution in [1.82, 2.24) is 0 Å². The van der Waals surface area contributed by atoms with Crippen LogP contribution in [0.1, 0.15) is 239 Å². The number of esters is 1. The summed E-state index contributed by atoms with van der Waals surface area (Å²) in [6, 6.07) is 0. The number of rotatable bonds is 39. The molecule has 4 heteroatoms. The number of carboxylic acid groups (broad SMARTS) is 1. The molecule has 0 aliphatic rings. The van der Waals surface area contributed by atoms with Gasteiger partial charge < -0.3 is 9.84 Å². The number of ether oxygens (including phenoxy) is 1. The highest BCUT2D eigenvalue weighted by atomic mass is 16.5. The molecule has 4 nitrogen and oxygen atoms in total. The van der Waals surface area contributed by atoms with E-state index < -0.39 is 5.97 Å². The number of hydrogen-bond donors (Lipinski definition) is 1. The number of allylic oxidation sites excluding steroid dienone is 4. The van der Waals surface area contributed by atoms with Gasteiger partial charge in [0.1, 0.15) is 6.10 Å². The van der Waals surface area contributed by atoms with Crippen LogP contribution in [0.3, 0.4) is 0 Å². The van der Waals surface area contributed by atoms with Crippen LogP contribution >= 0.6 is 0 Å². The predicted octanol–water partition coefficient (Wildman–Crippen LogP) is 14.8. The van der Waals surface area contributed by atoms with E-state index in [1.807, 2.05) is 0 Å². The van der Waals surface area contributed by atoms with Crippen molar-refractivity contribution in [3.63, 3.8) is 0 Å². The van der Waals surface area contributed by atoms with Crippen molar-refractivity contribution in [3.05, 3.63) is 24.3 Å². The van der Waals surface area contributed by atoms with Crippen LogP contribution < -0.4 is 0 Å². The van der Waals surface area contributed by atoms with E-state index in [9.17, 15) is 9.59 Å². The smallest absolute Gasteiger partial charge is 0.306 e. The Morgan fingerprint density at radius 3 is 1.27 bits per heavy atom. The Morgan fingerprint density at radius 2 is 0.812 bits per heavy atom. The fraction of sp³-hybridized carbons (Fsp3) is 0.864. The van der Waals surface area contributed by atoms with Crippen LogP contribution in [0.25, 0.3) is 0 Å². The molecule has 1 N–H and O–H groups in total. The van der Waals surface area contributed by atoms with Crippen LogP contribution in [-0.4, -0.2) is 23.1 Å². The maximum Gasteiger partial charge on any atom is 0.306 e. The summed E-state index contributed by atoms with van der Waals surface area (Å²) in [7, 11) is 0. The summed E-state index contributed by atoms with van der Waals surface area (Å²) in [6.45, 7) is 4.53. The third-order valence-corrected chi connectivity index (χ3v) is 9.68. The lowest BCUT2D eigenvalue weighted by Gasteiger charge is -2.18. The van der Waals surface area contributed by atoms with E-state index in [1.54, 1.807) is 0 Å². The first-order valence-electron chi connectivity index (χ1n) is 21.3. The fourth-order valence-corrected chi connectivity index (χ4v) is 6.51. The van der Waals surface area contributed by atoms with Gasteiger partial charge in [-0.1, -0.05) is 179 Å². The average Bonchev–Trinajstić information content (AvgIpc) is 3.07. The van der Waals surface area contributed by atoms with Gasteiger partial charge in [-0.15, -0.1) is 0 Å². The zero-order valence-electron chi connectivity index (χ0n) is 32.3. The number of carbonyl (C=O) groups excluding carboxylic acids is 1. The van der Waals surface area contributed by atoms with E-state index in [-0.39, 0.29) is 18.5 Å². The van der Waals surface area contributed by atoms with E-state index in [0.717, 1.165) is 70.6 Å². The summed E-state index contributed by atoms with van der Waals surface area (Å²) in [6.07, 6.45) is 50.6. The van der Waals surface area contributed by atoms with Crippen molar-refractivity contribution in [2.75, 3.05) is 0 Å². The molecule has 0 fully saturated rings. The van der Waals surface area contributed by atoms with Gasteiger partial charge in [0.25, 0.3) is 0 Å². The molecule has 0 radical (unpaired) electrons. The second-order valence-electron chi connectivity index (χ2n) is 14.5. The molecule has 0 rings (SSSR count). The highest BCUT2D eigenvalue weighted by molar-refractivity contribution is 5.69. The molecule has 0 spiro atoms. The largest absolute Gasteiger partial charge is 0.481 e. The van der Waals surface area contributed by atoms with Crippen LogP contribution in [-0.2, 0) is 14.3 Å². The number of aliphatic carboxylic acids is 1. The lowest BCUT2D eigenvalue weighted by atomic mass is 10.0. The molecule has 0 aliphatic carbocycles. The third-order valence-electron chi connectivity index (χ3n) is 9.68. The Morgan fingerprint density at radius 1 is 0.458 bits per heavy atom. The van der Waals surface area contributed by atoms with E-state index in [4.69, 9.17) is 9.84 Å². The predicted molar refractivity (Wildman–Crippen MR) is 209 cm³/mol. The maximum atomic E-state index is 12.7. The number of carboxylic acids is 1. The molecular formula is C44H82O4. The molecular weight excluding hydrogens is 592 g/mol. The Bertz CT molecular complexity index is 727. The van der Waals surface area contributed by atoms with Crippen LogP contribution in [0, 0.1) is 0 Å². The van der Waals surface area contributed by atoms with Crippen molar-refractivity contribution in [3.8, 4) is 0 Å². The molecule has 48 heavy (non-hydrogen) atoms.